The molecule has 3 aromatic rings. The molecule has 9 nitrogen and oxygen atoms in total. The summed E-state index contributed by atoms with van der Waals surface area (Å²) in [5.41, 5.74) is 5.53. The number of halogens is 5. The largest absolute Gasteiger partial charge is 0.380 e. The Morgan fingerprint density at radius 2 is 1.94 bits per heavy atom. The number of fused-ring (bicyclic) bond motifs is 1. The van der Waals surface area contributed by atoms with Gasteiger partial charge in [0.1, 0.15) is 4.90 Å². The number of amides is 2. The Bertz CT molecular complexity index is 1300. The van der Waals surface area contributed by atoms with Crippen LogP contribution >= 0.6 is 10.2 Å². The van der Waals surface area contributed by atoms with E-state index in [0.717, 1.165) is 17.0 Å². The van der Waals surface area contributed by atoms with Gasteiger partial charge in [-0.1, -0.05) is 30.7 Å². The molecule has 184 valence electrons. The van der Waals surface area contributed by atoms with Gasteiger partial charge in [-0.15, -0.1) is 0 Å². The second-order valence-electron chi connectivity index (χ2n) is 7.46. The van der Waals surface area contributed by atoms with Gasteiger partial charge in [0.15, 0.2) is 23.6 Å². The molecule has 4 N–H and O–H groups in total. The van der Waals surface area contributed by atoms with Crippen molar-refractivity contribution < 1.29 is 43.4 Å². The molecule has 1 saturated heterocycles. The maximum atomic E-state index is 13.2. The normalized spacial score (nSPS) is 20.0. The van der Waals surface area contributed by atoms with Crippen LogP contribution < -0.4 is 16.0 Å². The Labute approximate surface area is 188 Å². The Hall–Kier alpha value is -3.43. The molecule has 1 fully saturated rings. The number of nitrogens with two attached hydrogens (primary N) is 1. The lowest BCUT2D eigenvalue weighted by Gasteiger charge is -2.41. The van der Waals surface area contributed by atoms with E-state index >= 15 is 0 Å². The SMILES string of the molecule is Nc1noc2cc(NC(=O)[C@H](O)[C@H]3OCCN(c4cccc(S(F)(F)(F)(F)F)c4)C3=O)ccc12. The van der Waals surface area contributed by atoms with Crippen molar-refractivity contribution in [2.45, 2.75) is 17.1 Å². The zero-order chi connectivity index (χ0) is 25.0. The summed E-state index contributed by atoms with van der Waals surface area (Å²) in [6.45, 7) is -0.554. The number of aliphatic hydroxyl groups is 1. The van der Waals surface area contributed by atoms with Crippen LogP contribution in [-0.4, -0.2) is 47.4 Å². The van der Waals surface area contributed by atoms with Crippen molar-refractivity contribution in [3.63, 3.8) is 0 Å². The zero-order valence-electron chi connectivity index (χ0n) is 17.0. The molecule has 2 amide bonds. The fourth-order valence-electron chi connectivity index (χ4n) is 3.37. The number of hydrogen-bond donors (Lipinski definition) is 3. The molecule has 2 heterocycles. The van der Waals surface area contributed by atoms with Gasteiger partial charge in [0.2, 0.25) is 0 Å². The molecule has 2 atom stereocenters. The number of ether oxygens (including phenoxy) is 1. The first-order chi connectivity index (χ1) is 15.6. The van der Waals surface area contributed by atoms with Crippen LogP contribution in [0.15, 0.2) is 51.9 Å². The van der Waals surface area contributed by atoms with Crippen molar-refractivity contribution in [2.24, 2.45) is 0 Å². The van der Waals surface area contributed by atoms with Crippen LogP contribution in [-0.2, 0) is 14.3 Å². The van der Waals surface area contributed by atoms with Crippen molar-refractivity contribution >= 4 is 50.2 Å². The molecule has 15 heteroatoms. The molecule has 1 aliphatic heterocycles. The highest BCUT2D eigenvalue weighted by molar-refractivity contribution is 8.45. The van der Waals surface area contributed by atoms with Gasteiger partial charge in [0.05, 0.1) is 12.0 Å². The van der Waals surface area contributed by atoms with Crippen molar-refractivity contribution in [2.75, 3.05) is 29.1 Å². The van der Waals surface area contributed by atoms with Gasteiger partial charge in [-0.05, 0) is 30.3 Å². The average Bonchev–Trinajstić information content (AvgIpc) is 3.12. The minimum absolute atomic E-state index is 0.128. The molecule has 34 heavy (non-hydrogen) atoms. The highest BCUT2D eigenvalue weighted by atomic mass is 32.5. The van der Waals surface area contributed by atoms with Gasteiger partial charge < -0.3 is 30.3 Å². The van der Waals surface area contributed by atoms with Crippen LogP contribution in [0.3, 0.4) is 0 Å². The predicted molar refractivity (Wildman–Crippen MR) is 113 cm³/mol. The van der Waals surface area contributed by atoms with Crippen LogP contribution in [0, 0.1) is 0 Å². The Kier molecular flexibility index (Phi) is 5.08. The van der Waals surface area contributed by atoms with Crippen LogP contribution in [0.25, 0.3) is 11.0 Å². The number of aromatic nitrogens is 1. The van der Waals surface area contributed by atoms with E-state index in [-0.39, 0.29) is 42.4 Å². The maximum Gasteiger partial charge on any atom is 0.310 e. The number of carbonyl (C=O) groups excluding carboxylic acids is 2. The van der Waals surface area contributed by atoms with Gasteiger partial charge in [0, 0.05) is 24.0 Å². The summed E-state index contributed by atoms with van der Waals surface area (Å²) in [4.78, 5) is 23.8. The Morgan fingerprint density at radius 1 is 1.21 bits per heavy atom. The molecule has 0 radical (unpaired) electrons. The van der Waals surface area contributed by atoms with E-state index in [1.165, 1.54) is 18.2 Å². The second-order valence-corrected chi connectivity index (χ2v) is 9.87. The lowest BCUT2D eigenvalue weighted by Crippen LogP contribution is -2.55. The second kappa shape index (κ2) is 7.28. The molecular formula is C19H17F5N4O5S. The topological polar surface area (TPSA) is 131 Å². The Morgan fingerprint density at radius 3 is 2.65 bits per heavy atom. The Balaban J connectivity index is 1.53. The highest BCUT2D eigenvalue weighted by Gasteiger charge is 2.65. The fraction of sp³-hybridized carbons (Fsp3) is 0.211. The number of carbonyl (C=O) groups is 2. The molecule has 0 spiro atoms. The lowest BCUT2D eigenvalue weighted by molar-refractivity contribution is -0.150. The van der Waals surface area contributed by atoms with E-state index in [9.17, 15) is 34.1 Å². The van der Waals surface area contributed by atoms with E-state index in [4.69, 9.17) is 15.0 Å². The maximum absolute atomic E-state index is 13.2. The number of benzene rings is 2. The molecule has 2 aromatic carbocycles. The van der Waals surface area contributed by atoms with E-state index < -0.39 is 44.8 Å². The molecule has 4 rings (SSSR count). The monoisotopic (exact) mass is 508 g/mol. The molecule has 1 aliphatic rings. The van der Waals surface area contributed by atoms with Crippen LogP contribution in [0.4, 0.5) is 36.6 Å². The molecule has 0 bridgehead atoms. The van der Waals surface area contributed by atoms with Gasteiger partial charge in [-0.25, -0.2) is 0 Å². The summed E-state index contributed by atoms with van der Waals surface area (Å²) in [7, 11) is -9.99. The van der Waals surface area contributed by atoms with Crippen molar-refractivity contribution in [3.05, 3.63) is 42.5 Å². The van der Waals surface area contributed by atoms with Crippen LogP contribution in [0.5, 0.6) is 0 Å². The summed E-state index contributed by atoms with van der Waals surface area (Å²) in [6, 6.07) is 6.40. The van der Waals surface area contributed by atoms with Gasteiger partial charge >= 0.3 is 10.2 Å². The van der Waals surface area contributed by atoms with E-state index in [0.29, 0.717) is 5.39 Å². The molecule has 1 aromatic heterocycles. The summed E-state index contributed by atoms with van der Waals surface area (Å²) in [6.07, 6.45) is -3.85. The zero-order valence-corrected chi connectivity index (χ0v) is 17.8. The van der Waals surface area contributed by atoms with Gasteiger partial charge in [-0.2, -0.15) is 0 Å². The van der Waals surface area contributed by atoms with E-state index in [2.05, 4.69) is 10.5 Å². The highest BCUT2D eigenvalue weighted by Crippen LogP contribution is 3.02. The first-order valence-corrected chi connectivity index (χ1v) is 11.5. The number of nitrogens with zero attached hydrogens (tertiary/aromatic N) is 2. The fourth-order valence-corrected chi connectivity index (χ4v) is 4.05. The summed E-state index contributed by atoms with van der Waals surface area (Å²) in [5, 5.41) is 16.8. The van der Waals surface area contributed by atoms with Crippen LogP contribution in [0.1, 0.15) is 0 Å². The number of aliphatic hydroxyl groups excluding tert-OH is 1. The van der Waals surface area contributed by atoms with Crippen molar-refractivity contribution in [3.8, 4) is 0 Å². The number of nitrogen functional groups attached to an aromatic ring is 1. The lowest BCUT2D eigenvalue weighted by atomic mass is 10.1. The quantitative estimate of drug-likeness (QED) is 0.447. The number of morpholine rings is 1. The third-order valence-electron chi connectivity index (χ3n) is 5.02. The van der Waals surface area contributed by atoms with E-state index in [1.807, 2.05) is 0 Å². The number of rotatable bonds is 5. The molecule has 0 unspecified atom stereocenters. The standard InChI is InChI=1S/C19H17F5N4O5S/c20-34(21,22,23,24)12-3-1-2-11(9-12)28-6-7-32-16(19(28)31)15(29)18(30)26-10-4-5-13-14(8-10)33-27-17(13)25/h1-5,8-9,15-16,29H,6-7H2,(H2,25,27)(H,26,30)/t15-,16-/m1/s1. The number of hydrogen-bond acceptors (Lipinski definition) is 7. The smallest absolute Gasteiger partial charge is 0.310 e. The minimum Gasteiger partial charge on any atom is -0.380 e. The minimum atomic E-state index is -9.99. The van der Waals surface area contributed by atoms with Gasteiger partial charge in [-0.3, -0.25) is 9.59 Å². The third kappa shape index (κ3) is 4.62. The van der Waals surface area contributed by atoms with Gasteiger partial charge in [0.25, 0.3) is 11.8 Å². The third-order valence-corrected chi connectivity index (χ3v) is 6.16. The summed E-state index contributed by atoms with van der Waals surface area (Å²) < 4.78 is 76.0. The summed E-state index contributed by atoms with van der Waals surface area (Å²) in [5.74, 6) is -2.01. The number of anilines is 3. The molecule has 0 saturated carbocycles. The predicted octanol–water partition coefficient (Wildman–Crippen LogP) is 3.80. The first-order valence-electron chi connectivity index (χ1n) is 9.55. The first kappa shape index (κ1) is 23.7. The number of nitrogens with one attached hydrogen (secondary N) is 1. The molecular weight excluding hydrogens is 491 g/mol. The van der Waals surface area contributed by atoms with Crippen LogP contribution in [0.2, 0.25) is 0 Å². The van der Waals surface area contributed by atoms with Crippen molar-refractivity contribution in [1.29, 1.82) is 0 Å². The van der Waals surface area contributed by atoms with E-state index in [1.54, 1.807) is 0 Å². The summed E-state index contributed by atoms with van der Waals surface area (Å²) >= 11 is 0. The average molecular weight is 508 g/mol. The molecule has 0 aliphatic carbocycles. The van der Waals surface area contributed by atoms with Crippen molar-refractivity contribution in [1.82, 2.24) is 5.16 Å².